The van der Waals surface area contributed by atoms with Crippen molar-refractivity contribution in [2.45, 2.75) is 64.5 Å². The Morgan fingerprint density at radius 3 is 2.42 bits per heavy atom. The fourth-order valence-corrected chi connectivity index (χ4v) is 4.05. The van der Waals surface area contributed by atoms with Gasteiger partial charge in [-0.05, 0) is 51.0 Å². The summed E-state index contributed by atoms with van der Waals surface area (Å²) in [5.41, 5.74) is 0. The highest BCUT2D eigenvalue weighted by Crippen LogP contribution is 2.30. The van der Waals surface area contributed by atoms with Crippen molar-refractivity contribution in [1.82, 2.24) is 9.62 Å². The van der Waals surface area contributed by atoms with Gasteiger partial charge in [0.25, 0.3) is 0 Å². The lowest BCUT2D eigenvalue weighted by Crippen LogP contribution is -2.37. The number of hydrogen-bond donors (Lipinski definition) is 1. The van der Waals surface area contributed by atoms with Gasteiger partial charge in [0.05, 0.1) is 5.75 Å². The Hall–Kier alpha value is -0.130. The lowest BCUT2D eigenvalue weighted by Gasteiger charge is -2.22. The molecule has 2 aliphatic carbocycles. The molecular weight excluding hydrogens is 260 g/mol. The molecule has 5 heteroatoms. The highest BCUT2D eigenvalue weighted by atomic mass is 32.2. The summed E-state index contributed by atoms with van der Waals surface area (Å²) in [6.07, 6.45) is 6.33. The maximum atomic E-state index is 12.4. The third-order valence-electron chi connectivity index (χ3n) is 3.83. The van der Waals surface area contributed by atoms with Crippen LogP contribution in [-0.2, 0) is 10.0 Å². The Morgan fingerprint density at radius 2 is 1.89 bits per heavy atom. The second-order valence-electron chi connectivity index (χ2n) is 6.42. The Kier molecular flexibility index (Phi) is 5.26. The van der Waals surface area contributed by atoms with Crippen LogP contribution in [0.2, 0.25) is 0 Å². The molecule has 0 aliphatic heterocycles. The van der Waals surface area contributed by atoms with E-state index < -0.39 is 10.0 Å². The summed E-state index contributed by atoms with van der Waals surface area (Å²) in [6, 6.07) is 0.975. The zero-order valence-corrected chi connectivity index (χ0v) is 13.1. The minimum Gasteiger partial charge on any atom is -0.314 e. The average Bonchev–Trinajstić information content (AvgIpc) is 3.17. The van der Waals surface area contributed by atoms with Crippen molar-refractivity contribution in [3.8, 4) is 0 Å². The number of rotatable bonds is 10. The second-order valence-corrected chi connectivity index (χ2v) is 8.46. The van der Waals surface area contributed by atoms with E-state index >= 15 is 0 Å². The molecule has 112 valence electrons. The zero-order chi connectivity index (χ0) is 13.9. The van der Waals surface area contributed by atoms with Crippen LogP contribution in [-0.4, -0.2) is 43.6 Å². The number of nitrogens with one attached hydrogen (secondary N) is 1. The Morgan fingerprint density at radius 1 is 1.21 bits per heavy atom. The molecule has 0 radical (unpaired) electrons. The summed E-state index contributed by atoms with van der Waals surface area (Å²) in [5, 5.41) is 3.38. The molecule has 0 aromatic heterocycles. The molecule has 0 saturated heterocycles. The van der Waals surface area contributed by atoms with Crippen LogP contribution in [0, 0.1) is 5.92 Å². The lowest BCUT2D eigenvalue weighted by atomic mass is 10.1. The van der Waals surface area contributed by atoms with Crippen molar-refractivity contribution >= 4 is 10.0 Å². The molecular formula is C14H28N2O2S. The summed E-state index contributed by atoms with van der Waals surface area (Å²) in [7, 11) is -3.04. The Bertz CT molecular complexity index is 373. The largest absolute Gasteiger partial charge is 0.314 e. The van der Waals surface area contributed by atoms with E-state index in [2.05, 4.69) is 19.2 Å². The Labute approximate surface area is 118 Å². The van der Waals surface area contributed by atoms with Crippen LogP contribution in [0.15, 0.2) is 0 Å². The molecule has 0 spiro atoms. The first-order valence-corrected chi connectivity index (χ1v) is 9.33. The fourth-order valence-electron chi connectivity index (χ4n) is 2.26. The molecule has 0 unspecified atom stereocenters. The minimum absolute atomic E-state index is 0.306. The second kappa shape index (κ2) is 6.55. The van der Waals surface area contributed by atoms with E-state index in [9.17, 15) is 8.42 Å². The van der Waals surface area contributed by atoms with E-state index in [1.54, 1.807) is 4.31 Å². The Balaban J connectivity index is 1.75. The van der Waals surface area contributed by atoms with Crippen molar-refractivity contribution in [1.29, 1.82) is 0 Å². The molecule has 0 atom stereocenters. The van der Waals surface area contributed by atoms with Gasteiger partial charge in [-0.3, -0.25) is 0 Å². The maximum Gasteiger partial charge on any atom is 0.214 e. The molecule has 2 saturated carbocycles. The van der Waals surface area contributed by atoms with Crippen molar-refractivity contribution in [3.05, 3.63) is 0 Å². The van der Waals surface area contributed by atoms with Gasteiger partial charge < -0.3 is 5.32 Å². The van der Waals surface area contributed by atoms with Gasteiger partial charge in [0.1, 0.15) is 0 Å². The number of hydrogen-bond acceptors (Lipinski definition) is 3. The van der Waals surface area contributed by atoms with Gasteiger partial charge in [-0.1, -0.05) is 13.8 Å². The van der Waals surface area contributed by atoms with Crippen LogP contribution in [0.4, 0.5) is 0 Å². The first-order chi connectivity index (χ1) is 8.99. The lowest BCUT2D eigenvalue weighted by molar-refractivity contribution is 0.372. The monoisotopic (exact) mass is 288 g/mol. The van der Waals surface area contributed by atoms with Gasteiger partial charge in [0, 0.05) is 18.6 Å². The quantitative estimate of drug-likeness (QED) is 0.625. The van der Waals surface area contributed by atoms with Gasteiger partial charge in [0.2, 0.25) is 10.0 Å². The van der Waals surface area contributed by atoms with Gasteiger partial charge in [-0.25, -0.2) is 8.42 Å². The molecule has 2 fully saturated rings. The van der Waals surface area contributed by atoms with E-state index in [-0.39, 0.29) is 0 Å². The van der Waals surface area contributed by atoms with Gasteiger partial charge in [-0.2, -0.15) is 4.31 Å². The van der Waals surface area contributed by atoms with Crippen LogP contribution in [0.5, 0.6) is 0 Å². The van der Waals surface area contributed by atoms with Crippen LogP contribution in [0.3, 0.4) is 0 Å². The highest BCUT2D eigenvalue weighted by molar-refractivity contribution is 7.89. The van der Waals surface area contributed by atoms with E-state index in [1.807, 2.05) is 0 Å². The topological polar surface area (TPSA) is 49.4 Å². The van der Waals surface area contributed by atoms with Crippen LogP contribution < -0.4 is 5.32 Å². The van der Waals surface area contributed by atoms with Gasteiger partial charge in [-0.15, -0.1) is 0 Å². The summed E-state index contributed by atoms with van der Waals surface area (Å²) in [4.78, 5) is 0. The average molecular weight is 288 g/mol. The first kappa shape index (κ1) is 15.3. The number of sulfonamides is 1. The zero-order valence-electron chi connectivity index (χ0n) is 12.3. The molecule has 1 N–H and O–H groups in total. The molecule has 0 heterocycles. The number of nitrogens with zero attached hydrogens (tertiary/aromatic N) is 1. The van der Waals surface area contributed by atoms with E-state index in [0.717, 1.165) is 32.2 Å². The summed E-state index contributed by atoms with van der Waals surface area (Å²) in [5.74, 6) is 0.870. The summed E-state index contributed by atoms with van der Waals surface area (Å²) in [6.45, 7) is 5.85. The summed E-state index contributed by atoms with van der Waals surface area (Å²) >= 11 is 0. The van der Waals surface area contributed by atoms with Gasteiger partial charge >= 0.3 is 0 Å². The van der Waals surface area contributed by atoms with Gasteiger partial charge in [0.15, 0.2) is 0 Å². The van der Waals surface area contributed by atoms with Crippen molar-refractivity contribution in [3.63, 3.8) is 0 Å². The molecule has 0 bridgehead atoms. The SMILES string of the molecule is CC(C)CCN(C1CC1)S(=O)(=O)CCCNC1CC1. The van der Waals surface area contributed by atoms with Crippen LogP contribution in [0.25, 0.3) is 0 Å². The van der Waals surface area contributed by atoms with Crippen molar-refractivity contribution in [2.75, 3.05) is 18.8 Å². The standard InChI is InChI=1S/C14H28N2O2S/c1-12(2)8-10-16(14-6-7-14)19(17,18)11-3-9-15-13-4-5-13/h12-15H,3-11H2,1-2H3. The first-order valence-electron chi connectivity index (χ1n) is 7.72. The smallest absolute Gasteiger partial charge is 0.214 e. The molecule has 0 aromatic rings. The van der Waals surface area contributed by atoms with E-state index in [1.165, 1.54) is 12.8 Å². The molecule has 2 rings (SSSR count). The van der Waals surface area contributed by atoms with Crippen LogP contribution >= 0.6 is 0 Å². The van der Waals surface area contributed by atoms with E-state index in [4.69, 9.17) is 0 Å². The normalized spacial score (nSPS) is 20.4. The molecule has 0 amide bonds. The van der Waals surface area contributed by atoms with Crippen LogP contribution in [0.1, 0.15) is 52.4 Å². The predicted octanol–water partition coefficient (Wildman–Crippen LogP) is 1.97. The molecule has 19 heavy (non-hydrogen) atoms. The fraction of sp³-hybridized carbons (Fsp3) is 1.00. The van der Waals surface area contributed by atoms with E-state index in [0.29, 0.717) is 30.3 Å². The summed E-state index contributed by atoms with van der Waals surface area (Å²) < 4.78 is 26.5. The van der Waals surface area contributed by atoms with Crippen molar-refractivity contribution in [2.24, 2.45) is 5.92 Å². The molecule has 4 nitrogen and oxygen atoms in total. The predicted molar refractivity (Wildman–Crippen MR) is 78.6 cm³/mol. The third-order valence-corrected chi connectivity index (χ3v) is 5.83. The minimum atomic E-state index is -3.04. The molecule has 2 aliphatic rings. The highest BCUT2D eigenvalue weighted by Gasteiger charge is 2.36. The third kappa shape index (κ3) is 5.40. The van der Waals surface area contributed by atoms with Crippen molar-refractivity contribution < 1.29 is 8.42 Å². The maximum absolute atomic E-state index is 12.4. The molecule has 0 aromatic carbocycles.